The monoisotopic (exact) mass is 620 g/mol. The molecule has 1 aliphatic rings. The first-order chi connectivity index (χ1) is 22.0. The van der Waals surface area contributed by atoms with Crippen LogP contribution in [-0.4, -0.2) is 24.3 Å². The van der Waals surface area contributed by atoms with Gasteiger partial charge in [-0.05, 0) is 42.8 Å². The molecule has 2 heterocycles. The van der Waals surface area contributed by atoms with Gasteiger partial charge < -0.3 is 14.2 Å². The normalized spacial score (nSPS) is 14.5. The smallest absolute Gasteiger partial charge is 0.338 e. The summed E-state index contributed by atoms with van der Waals surface area (Å²) >= 11 is 1.22. The van der Waals surface area contributed by atoms with Crippen LogP contribution in [0.3, 0.4) is 0 Å². The lowest BCUT2D eigenvalue weighted by Crippen LogP contribution is -2.40. The summed E-state index contributed by atoms with van der Waals surface area (Å²) in [6.45, 7) is 1.93. The molecule has 0 radical (unpaired) electrons. The minimum absolute atomic E-state index is 0.0274. The van der Waals surface area contributed by atoms with Gasteiger partial charge in [-0.1, -0.05) is 90.2 Å². The Morgan fingerprint density at radius 1 is 0.956 bits per heavy atom. The molecule has 6 rings (SSSR count). The third-order valence-corrected chi connectivity index (χ3v) is 8.33. The van der Waals surface area contributed by atoms with Crippen LogP contribution in [0, 0.1) is 5.82 Å². The van der Waals surface area contributed by atoms with Crippen LogP contribution in [0.25, 0.3) is 11.8 Å². The Kier molecular flexibility index (Phi) is 8.70. The van der Waals surface area contributed by atoms with E-state index in [1.807, 2.05) is 60.7 Å². The van der Waals surface area contributed by atoms with Gasteiger partial charge in [0.15, 0.2) is 4.80 Å². The average Bonchev–Trinajstić information content (AvgIpc) is 3.38. The van der Waals surface area contributed by atoms with Crippen LogP contribution >= 0.6 is 11.3 Å². The molecular weight excluding hydrogens is 591 g/mol. The number of rotatable bonds is 9. The number of esters is 1. The van der Waals surface area contributed by atoms with Crippen molar-refractivity contribution in [3.63, 3.8) is 0 Å². The molecule has 0 saturated carbocycles. The van der Waals surface area contributed by atoms with Crippen molar-refractivity contribution in [3.8, 4) is 11.5 Å². The number of carbonyl (C=O) groups is 1. The Morgan fingerprint density at radius 3 is 2.40 bits per heavy atom. The molecule has 0 unspecified atom stereocenters. The van der Waals surface area contributed by atoms with Crippen molar-refractivity contribution in [1.29, 1.82) is 0 Å². The Hall–Kier alpha value is -5.28. The van der Waals surface area contributed by atoms with Gasteiger partial charge in [0.2, 0.25) is 0 Å². The summed E-state index contributed by atoms with van der Waals surface area (Å²) in [5, 5.41) is 0. The Labute approximate surface area is 262 Å². The molecule has 5 aromatic rings. The number of ether oxygens (including phenoxy) is 3. The van der Waals surface area contributed by atoms with Crippen LogP contribution in [0.4, 0.5) is 4.39 Å². The van der Waals surface area contributed by atoms with Crippen LogP contribution < -0.4 is 24.4 Å². The molecule has 0 saturated heterocycles. The highest BCUT2D eigenvalue weighted by Gasteiger charge is 2.35. The third kappa shape index (κ3) is 6.07. The largest absolute Gasteiger partial charge is 0.497 e. The molecule has 1 aromatic heterocycles. The molecule has 0 aliphatic carbocycles. The molecule has 45 heavy (non-hydrogen) atoms. The first kappa shape index (κ1) is 29.8. The van der Waals surface area contributed by atoms with Crippen molar-refractivity contribution in [2.75, 3.05) is 13.7 Å². The lowest BCUT2D eigenvalue weighted by Gasteiger charge is -2.26. The first-order valence-corrected chi connectivity index (χ1v) is 15.2. The number of carbonyl (C=O) groups excluding carboxylic acids is 1. The Bertz CT molecular complexity index is 2070. The fourth-order valence-corrected chi connectivity index (χ4v) is 6.18. The molecule has 9 heteroatoms. The van der Waals surface area contributed by atoms with Gasteiger partial charge in [0.1, 0.15) is 23.9 Å². The van der Waals surface area contributed by atoms with Crippen molar-refractivity contribution >= 4 is 29.1 Å². The van der Waals surface area contributed by atoms with Gasteiger partial charge in [-0.25, -0.2) is 14.2 Å². The van der Waals surface area contributed by atoms with Crippen molar-refractivity contribution in [2.45, 2.75) is 19.6 Å². The molecular formula is C36H29FN2O5S. The number of aromatic nitrogens is 1. The summed E-state index contributed by atoms with van der Waals surface area (Å²) in [6.07, 6.45) is 1.74. The third-order valence-electron chi connectivity index (χ3n) is 7.35. The number of methoxy groups -OCH3 is 1. The zero-order valence-electron chi connectivity index (χ0n) is 24.6. The maximum atomic E-state index is 14.2. The summed E-state index contributed by atoms with van der Waals surface area (Å²) in [6, 6.07) is 29.5. The van der Waals surface area contributed by atoms with E-state index < -0.39 is 12.0 Å². The van der Waals surface area contributed by atoms with E-state index in [1.165, 1.54) is 17.4 Å². The molecule has 0 N–H and O–H groups in total. The number of hydrogen-bond donors (Lipinski definition) is 0. The van der Waals surface area contributed by atoms with Crippen LogP contribution in [0.5, 0.6) is 11.5 Å². The van der Waals surface area contributed by atoms with Gasteiger partial charge in [0.25, 0.3) is 5.56 Å². The zero-order valence-corrected chi connectivity index (χ0v) is 25.4. The standard InChI is InChI=1S/C36H29FN2O5S/c1-3-43-35(41)31-32(23-11-5-4-6-12-23)38-36-39(33(31)24-17-19-27(42-2)20-18-24)34(40)30(45-36)21-25-13-8-10-16-29(25)44-22-26-14-7-9-15-28(26)37/h4-21,33H,3,22H2,1-2H3/b30-21-/t33-/m1/s1. The fourth-order valence-electron chi connectivity index (χ4n) is 5.19. The van der Waals surface area contributed by atoms with Gasteiger partial charge in [0.05, 0.1) is 35.6 Å². The number of benzene rings is 4. The summed E-state index contributed by atoms with van der Waals surface area (Å²) in [7, 11) is 1.58. The zero-order chi connectivity index (χ0) is 31.3. The molecule has 0 bridgehead atoms. The van der Waals surface area contributed by atoms with Crippen LogP contribution in [0.2, 0.25) is 0 Å². The Balaban J connectivity index is 1.52. The predicted octanol–water partition coefficient (Wildman–Crippen LogP) is 5.66. The number of hydrogen-bond acceptors (Lipinski definition) is 7. The Morgan fingerprint density at radius 2 is 1.67 bits per heavy atom. The van der Waals surface area contributed by atoms with E-state index in [9.17, 15) is 14.0 Å². The van der Waals surface area contributed by atoms with Gasteiger partial charge in [-0.2, -0.15) is 0 Å². The number of fused-ring (bicyclic) bond motifs is 1. The number of halogens is 1. The van der Waals surface area contributed by atoms with Crippen molar-refractivity contribution in [3.05, 3.63) is 156 Å². The minimum Gasteiger partial charge on any atom is -0.497 e. The van der Waals surface area contributed by atoms with Crippen LogP contribution in [0.1, 0.15) is 35.2 Å². The fraction of sp³-hybridized carbons (Fsp3) is 0.139. The van der Waals surface area contributed by atoms with Crippen molar-refractivity contribution in [1.82, 2.24) is 4.57 Å². The predicted molar refractivity (Wildman–Crippen MR) is 171 cm³/mol. The highest BCUT2D eigenvalue weighted by Crippen LogP contribution is 2.35. The lowest BCUT2D eigenvalue weighted by molar-refractivity contribution is -0.138. The van der Waals surface area contributed by atoms with Gasteiger partial charge in [-0.15, -0.1) is 0 Å². The van der Waals surface area contributed by atoms with E-state index in [0.29, 0.717) is 43.2 Å². The van der Waals surface area contributed by atoms with E-state index in [-0.39, 0.29) is 30.2 Å². The summed E-state index contributed by atoms with van der Waals surface area (Å²) in [4.78, 5) is 33.2. The number of para-hydroxylation sites is 1. The highest BCUT2D eigenvalue weighted by molar-refractivity contribution is 7.07. The van der Waals surface area contributed by atoms with E-state index in [2.05, 4.69) is 0 Å². The summed E-state index contributed by atoms with van der Waals surface area (Å²) in [5.41, 5.74) is 2.88. The lowest BCUT2D eigenvalue weighted by atomic mass is 9.93. The molecule has 1 atom stereocenters. The molecule has 1 aliphatic heterocycles. The maximum Gasteiger partial charge on any atom is 0.338 e. The quantitative estimate of drug-likeness (QED) is 0.199. The van der Waals surface area contributed by atoms with Crippen molar-refractivity contribution < 1.29 is 23.4 Å². The average molecular weight is 621 g/mol. The van der Waals surface area contributed by atoms with E-state index in [1.54, 1.807) is 61.1 Å². The first-order valence-electron chi connectivity index (χ1n) is 14.4. The second-order valence-corrected chi connectivity index (χ2v) is 11.1. The molecule has 0 amide bonds. The highest BCUT2D eigenvalue weighted by atomic mass is 32.1. The minimum atomic E-state index is -0.809. The maximum absolute atomic E-state index is 14.2. The van der Waals surface area contributed by atoms with Crippen molar-refractivity contribution in [2.24, 2.45) is 4.99 Å². The molecule has 4 aromatic carbocycles. The summed E-state index contributed by atoms with van der Waals surface area (Å²) in [5.74, 6) is 0.231. The van der Waals surface area contributed by atoms with Gasteiger partial charge >= 0.3 is 5.97 Å². The molecule has 0 spiro atoms. The van der Waals surface area contributed by atoms with Gasteiger partial charge in [0, 0.05) is 16.7 Å². The second kappa shape index (κ2) is 13.2. The van der Waals surface area contributed by atoms with Crippen LogP contribution in [0.15, 0.2) is 118 Å². The van der Waals surface area contributed by atoms with Gasteiger partial charge in [-0.3, -0.25) is 9.36 Å². The SMILES string of the molecule is CCOC(=O)C1=C(c2ccccc2)N=c2s/c(=C\c3ccccc3OCc3ccccc3F)c(=O)n2[C@@H]1c1ccc(OC)cc1. The van der Waals surface area contributed by atoms with E-state index in [0.717, 1.165) is 5.56 Å². The topological polar surface area (TPSA) is 79.1 Å². The molecule has 7 nitrogen and oxygen atoms in total. The number of thiazole rings is 1. The molecule has 0 fully saturated rings. The van der Waals surface area contributed by atoms with E-state index >= 15 is 0 Å². The number of nitrogens with zero attached hydrogens (tertiary/aromatic N) is 2. The second-order valence-electron chi connectivity index (χ2n) is 10.1. The summed E-state index contributed by atoms with van der Waals surface area (Å²) < 4.78 is 33.1. The van der Waals surface area contributed by atoms with Crippen LogP contribution in [-0.2, 0) is 16.1 Å². The van der Waals surface area contributed by atoms with E-state index in [4.69, 9.17) is 19.2 Å². The molecule has 226 valence electrons.